The fourth-order valence-corrected chi connectivity index (χ4v) is 4.81. The number of hydrogen-bond acceptors (Lipinski definition) is 5. The van der Waals surface area contributed by atoms with Gasteiger partial charge in [0.05, 0.1) is 36.1 Å². The Bertz CT molecular complexity index is 517. The number of nitrogens with zero attached hydrogens (tertiary/aromatic N) is 2. The molecule has 0 amide bonds. The van der Waals surface area contributed by atoms with Gasteiger partial charge < -0.3 is 9.47 Å². The van der Waals surface area contributed by atoms with Crippen molar-refractivity contribution in [2.45, 2.75) is 70.3 Å². The van der Waals surface area contributed by atoms with E-state index in [-0.39, 0.29) is 6.10 Å². The van der Waals surface area contributed by atoms with Gasteiger partial charge in [0.25, 0.3) is 0 Å². The lowest BCUT2D eigenvalue weighted by Gasteiger charge is -2.38. The maximum atomic E-state index is 6.33. The van der Waals surface area contributed by atoms with Crippen LogP contribution in [0.5, 0.6) is 0 Å². The van der Waals surface area contributed by atoms with Crippen molar-refractivity contribution < 1.29 is 9.47 Å². The molecule has 1 aromatic heterocycles. The first-order valence-electron chi connectivity index (χ1n) is 9.16. The first kappa shape index (κ1) is 16.0. The SMILES string of the molecule is Cc1nc(COC[C@@H]2CC[C@H]3[C@H](CCN3CC3CCC3)O2)cs1. The highest BCUT2D eigenvalue weighted by atomic mass is 32.1. The van der Waals surface area contributed by atoms with Gasteiger partial charge in [-0.1, -0.05) is 6.42 Å². The molecule has 0 unspecified atom stereocenters. The maximum absolute atomic E-state index is 6.33. The molecule has 2 aliphatic heterocycles. The Morgan fingerprint density at radius 3 is 2.96 bits per heavy atom. The highest BCUT2D eigenvalue weighted by Crippen LogP contribution is 2.35. The molecule has 1 aromatic rings. The number of rotatable bonds is 6. The largest absolute Gasteiger partial charge is 0.372 e. The quantitative estimate of drug-likeness (QED) is 0.797. The Balaban J connectivity index is 1.20. The summed E-state index contributed by atoms with van der Waals surface area (Å²) in [7, 11) is 0. The lowest BCUT2D eigenvalue weighted by atomic mass is 9.85. The van der Waals surface area contributed by atoms with Gasteiger partial charge in [0.2, 0.25) is 0 Å². The lowest BCUT2D eigenvalue weighted by Crippen LogP contribution is -2.45. The fourth-order valence-electron chi connectivity index (χ4n) is 4.21. The van der Waals surface area contributed by atoms with Crippen LogP contribution < -0.4 is 0 Å². The van der Waals surface area contributed by atoms with Crippen molar-refractivity contribution in [1.82, 2.24) is 9.88 Å². The third-order valence-corrected chi connectivity index (χ3v) is 6.51. The van der Waals surface area contributed by atoms with Gasteiger partial charge in [-0.05, 0) is 44.9 Å². The Morgan fingerprint density at radius 2 is 2.22 bits per heavy atom. The van der Waals surface area contributed by atoms with Crippen molar-refractivity contribution >= 4 is 11.3 Å². The van der Waals surface area contributed by atoms with Gasteiger partial charge in [0, 0.05) is 24.5 Å². The van der Waals surface area contributed by atoms with Gasteiger partial charge in [-0.2, -0.15) is 0 Å². The first-order valence-corrected chi connectivity index (χ1v) is 10.0. The van der Waals surface area contributed by atoms with E-state index in [1.165, 1.54) is 45.2 Å². The van der Waals surface area contributed by atoms with E-state index in [0.29, 0.717) is 25.4 Å². The van der Waals surface area contributed by atoms with E-state index >= 15 is 0 Å². The van der Waals surface area contributed by atoms with Crippen LogP contribution in [-0.2, 0) is 16.1 Å². The molecule has 1 saturated carbocycles. The predicted octanol–water partition coefficient (Wildman–Crippen LogP) is 3.39. The van der Waals surface area contributed by atoms with Crippen LogP contribution in [0.15, 0.2) is 5.38 Å². The van der Waals surface area contributed by atoms with Crippen LogP contribution in [0.2, 0.25) is 0 Å². The summed E-state index contributed by atoms with van der Waals surface area (Å²) in [4.78, 5) is 7.16. The Kier molecular flexibility index (Phi) is 4.99. The smallest absolute Gasteiger partial charge is 0.0898 e. The Morgan fingerprint density at radius 1 is 1.30 bits per heavy atom. The van der Waals surface area contributed by atoms with Gasteiger partial charge in [-0.3, -0.25) is 4.90 Å². The molecule has 3 atom stereocenters. The molecular weight excluding hydrogens is 308 g/mol. The summed E-state index contributed by atoms with van der Waals surface area (Å²) in [6.07, 6.45) is 8.68. The molecule has 0 spiro atoms. The molecule has 2 saturated heterocycles. The average Bonchev–Trinajstić information content (AvgIpc) is 3.09. The number of aryl methyl sites for hydroxylation is 1. The summed E-state index contributed by atoms with van der Waals surface area (Å²) in [6.45, 7) is 5.91. The zero-order chi connectivity index (χ0) is 15.6. The minimum atomic E-state index is 0.277. The second-order valence-corrected chi connectivity index (χ2v) is 8.46. The molecule has 0 N–H and O–H groups in total. The summed E-state index contributed by atoms with van der Waals surface area (Å²) in [5.41, 5.74) is 1.05. The molecular formula is C18H28N2O2S. The van der Waals surface area contributed by atoms with Crippen molar-refractivity contribution in [3.05, 3.63) is 16.1 Å². The molecule has 4 nitrogen and oxygen atoms in total. The van der Waals surface area contributed by atoms with Gasteiger partial charge in [-0.15, -0.1) is 11.3 Å². The zero-order valence-electron chi connectivity index (χ0n) is 14.1. The third kappa shape index (κ3) is 3.78. The molecule has 0 radical (unpaired) electrons. The van der Waals surface area contributed by atoms with E-state index in [1.807, 2.05) is 6.92 Å². The van der Waals surface area contributed by atoms with Crippen LogP contribution in [0.1, 0.15) is 49.2 Å². The van der Waals surface area contributed by atoms with Gasteiger partial charge in [0.15, 0.2) is 0 Å². The Labute approximate surface area is 143 Å². The first-order chi connectivity index (χ1) is 11.3. The number of fused-ring (bicyclic) bond motifs is 1. The molecule has 1 aliphatic carbocycles. The number of likely N-dealkylation sites (tertiary alicyclic amines) is 1. The standard InChI is InChI=1S/C18H28N2O2S/c1-13-19-15(12-23-13)10-21-11-16-5-6-17-18(22-16)7-8-20(17)9-14-3-2-4-14/h12,14,16-18H,2-11H2,1H3/t16-,17-,18-/m0/s1. The van der Waals surface area contributed by atoms with E-state index in [0.717, 1.165) is 23.0 Å². The molecule has 5 heteroatoms. The number of thiazole rings is 1. The maximum Gasteiger partial charge on any atom is 0.0898 e. The lowest BCUT2D eigenvalue weighted by molar-refractivity contribution is -0.103. The van der Waals surface area contributed by atoms with Gasteiger partial charge >= 0.3 is 0 Å². The normalized spacial score (nSPS) is 32.0. The van der Waals surface area contributed by atoms with Crippen LogP contribution >= 0.6 is 11.3 Å². The van der Waals surface area contributed by atoms with E-state index in [9.17, 15) is 0 Å². The van der Waals surface area contributed by atoms with Gasteiger partial charge in [-0.25, -0.2) is 4.98 Å². The van der Waals surface area contributed by atoms with E-state index in [2.05, 4.69) is 15.3 Å². The minimum Gasteiger partial charge on any atom is -0.372 e. The molecule has 0 bridgehead atoms. The van der Waals surface area contributed by atoms with Gasteiger partial charge in [0.1, 0.15) is 0 Å². The summed E-state index contributed by atoms with van der Waals surface area (Å²) < 4.78 is 12.2. The van der Waals surface area contributed by atoms with Crippen LogP contribution in [0, 0.1) is 12.8 Å². The second kappa shape index (κ2) is 7.18. The summed E-state index contributed by atoms with van der Waals surface area (Å²) in [6, 6.07) is 0.674. The highest BCUT2D eigenvalue weighted by molar-refractivity contribution is 7.09. The van der Waals surface area contributed by atoms with E-state index in [1.54, 1.807) is 11.3 Å². The summed E-state index contributed by atoms with van der Waals surface area (Å²) in [5.74, 6) is 0.969. The van der Waals surface area contributed by atoms with Crippen LogP contribution in [0.4, 0.5) is 0 Å². The number of aromatic nitrogens is 1. The molecule has 128 valence electrons. The average molecular weight is 337 g/mol. The molecule has 3 heterocycles. The fraction of sp³-hybridized carbons (Fsp3) is 0.833. The topological polar surface area (TPSA) is 34.6 Å². The summed E-state index contributed by atoms with van der Waals surface area (Å²) >= 11 is 1.69. The number of hydrogen-bond donors (Lipinski definition) is 0. The van der Waals surface area contributed by atoms with Crippen LogP contribution in [0.25, 0.3) is 0 Å². The molecule has 23 heavy (non-hydrogen) atoms. The molecule has 3 aliphatic rings. The second-order valence-electron chi connectivity index (χ2n) is 7.39. The third-order valence-electron chi connectivity index (χ3n) is 5.69. The Hall–Kier alpha value is -0.490. The van der Waals surface area contributed by atoms with E-state index < -0.39 is 0 Å². The van der Waals surface area contributed by atoms with Crippen LogP contribution in [0.3, 0.4) is 0 Å². The highest BCUT2D eigenvalue weighted by Gasteiger charge is 2.40. The van der Waals surface area contributed by atoms with E-state index in [4.69, 9.17) is 9.47 Å². The summed E-state index contributed by atoms with van der Waals surface area (Å²) in [5, 5.41) is 3.19. The van der Waals surface area contributed by atoms with Crippen LogP contribution in [-0.4, -0.2) is 47.8 Å². The van der Waals surface area contributed by atoms with Crippen molar-refractivity contribution in [2.75, 3.05) is 19.7 Å². The zero-order valence-corrected chi connectivity index (χ0v) is 14.9. The van der Waals surface area contributed by atoms with Crippen molar-refractivity contribution in [3.63, 3.8) is 0 Å². The van der Waals surface area contributed by atoms with Crippen molar-refractivity contribution in [2.24, 2.45) is 5.92 Å². The molecule has 4 rings (SSSR count). The monoisotopic (exact) mass is 336 g/mol. The molecule has 3 fully saturated rings. The van der Waals surface area contributed by atoms with Crippen molar-refractivity contribution in [1.29, 1.82) is 0 Å². The molecule has 0 aromatic carbocycles. The van der Waals surface area contributed by atoms with Crippen molar-refractivity contribution in [3.8, 4) is 0 Å². The number of ether oxygens (including phenoxy) is 2. The predicted molar refractivity (Wildman–Crippen MR) is 91.7 cm³/mol. The minimum absolute atomic E-state index is 0.277.